The first-order valence-electron chi connectivity index (χ1n) is 6.66. The fourth-order valence-corrected chi connectivity index (χ4v) is 2.84. The van der Waals surface area contributed by atoms with Crippen molar-refractivity contribution in [1.82, 2.24) is 0 Å². The van der Waals surface area contributed by atoms with Crippen LogP contribution in [0.2, 0.25) is 0 Å². The molecule has 2 nitrogen and oxygen atoms in total. The van der Waals surface area contributed by atoms with Crippen LogP contribution in [-0.4, -0.2) is 18.7 Å². The smallest absolute Gasteiger partial charge is 0.236 e. The molecule has 20 heavy (non-hydrogen) atoms. The fraction of sp³-hybridized carbons (Fsp3) is 0.235. The number of para-hydroxylation sites is 1. The van der Waals surface area contributed by atoms with E-state index < -0.39 is 0 Å². The Morgan fingerprint density at radius 3 is 2.20 bits per heavy atom. The standard InChI is InChI=1S/C17H19NOS/c1-14(15-9-5-3-6-10-15)20-13-17(19)18(2)16-11-7-4-8-12-16/h3-12,14H,13H2,1-2H3/t14-/m0/s1. The van der Waals surface area contributed by atoms with E-state index in [1.54, 1.807) is 16.7 Å². The van der Waals surface area contributed by atoms with E-state index >= 15 is 0 Å². The van der Waals surface area contributed by atoms with Crippen molar-refractivity contribution in [3.8, 4) is 0 Å². The quantitative estimate of drug-likeness (QED) is 0.822. The minimum atomic E-state index is 0.129. The molecule has 0 saturated heterocycles. The molecule has 104 valence electrons. The lowest BCUT2D eigenvalue weighted by molar-refractivity contribution is -0.115. The molecule has 0 saturated carbocycles. The van der Waals surface area contributed by atoms with Gasteiger partial charge >= 0.3 is 0 Å². The van der Waals surface area contributed by atoms with Gasteiger partial charge in [0.25, 0.3) is 0 Å². The van der Waals surface area contributed by atoms with Crippen molar-refractivity contribution in [1.29, 1.82) is 0 Å². The van der Waals surface area contributed by atoms with Crippen molar-refractivity contribution in [2.75, 3.05) is 17.7 Å². The maximum atomic E-state index is 12.2. The van der Waals surface area contributed by atoms with Crippen molar-refractivity contribution in [3.05, 3.63) is 66.2 Å². The Hall–Kier alpha value is -1.74. The normalized spacial score (nSPS) is 11.9. The van der Waals surface area contributed by atoms with Crippen LogP contribution in [0, 0.1) is 0 Å². The molecule has 2 rings (SSSR count). The number of carbonyl (C=O) groups is 1. The summed E-state index contributed by atoms with van der Waals surface area (Å²) < 4.78 is 0. The molecule has 0 heterocycles. The zero-order valence-electron chi connectivity index (χ0n) is 11.8. The second kappa shape index (κ2) is 7.15. The lowest BCUT2D eigenvalue weighted by atomic mass is 10.2. The van der Waals surface area contributed by atoms with Crippen molar-refractivity contribution in [2.45, 2.75) is 12.2 Å². The summed E-state index contributed by atoms with van der Waals surface area (Å²) in [6, 6.07) is 20.0. The van der Waals surface area contributed by atoms with E-state index in [9.17, 15) is 4.79 Å². The summed E-state index contributed by atoms with van der Waals surface area (Å²) in [6.07, 6.45) is 0. The van der Waals surface area contributed by atoms with Crippen LogP contribution in [0.25, 0.3) is 0 Å². The van der Waals surface area contributed by atoms with Crippen LogP contribution in [-0.2, 0) is 4.79 Å². The Labute approximate surface area is 124 Å². The molecular formula is C17H19NOS. The van der Waals surface area contributed by atoms with Crippen LogP contribution in [0.4, 0.5) is 5.69 Å². The zero-order valence-corrected chi connectivity index (χ0v) is 12.6. The predicted molar refractivity (Wildman–Crippen MR) is 87.2 cm³/mol. The van der Waals surface area contributed by atoms with Gasteiger partial charge in [-0.3, -0.25) is 4.79 Å². The molecule has 1 atom stereocenters. The monoisotopic (exact) mass is 285 g/mol. The second-order valence-corrected chi connectivity index (χ2v) is 5.98. The van der Waals surface area contributed by atoms with Gasteiger partial charge in [-0.05, 0) is 24.6 Å². The average molecular weight is 285 g/mol. The molecule has 0 aliphatic heterocycles. The Morgan fingerprint density at radius 2 is 1.60 bits per heavy atom. The van der Waals surface area contributed by atoms with Crippen molar-refractivity contribution in [3.63, 3.8) is 0 Å². The maximum Gasteiger partial charge on any atom is 0.236 e. The highest BCUT2D eigenvalue weighted by Crippen LogP contribution is 2.28. The molecule has 0 aliphatic carbocycles. The third-order valence-electron chi connectivity index (χ3n) is 3.24. The number of benzene rings is 2. The fourth-order valence-electron chi connectivity index (χ4n) is 1.91. The maximum absolute atomic E-state index is 12.2. The van der Waals surface area contributed by atoms with E-state index in [1.165, 1.54) is 5.56 Å². The van der Waals surface area contributed by atoms with Crippen molar-refractivity contribution < 1.29 is 4.79 Å². The number of amides is 1. The van der Waals surface area contributed by atoms with Gasteiger partial charge < -0.3 is 4.90 Å². The van der Waals surface area contributed by atoms with E-state index in [-0.39, 0.29) is 5.91 Å². The van der Waals surface area contributed by atoms with Gasteiger partial charge in [-0.25, -0.2) is 0 Å². The van der Waals surface area contributed by atoms with E-state index in [4.69, 9.17) is 0 Å². The number of thioether (sulfide) groups is 1. The number of anilines is 1. The van der Waals surface area contributed by atoms with Gasteiger partial charge in [0.05, 0.1) is 5.75 Å². The molecule has 0 unspecified atom stereocenters. The summed E-state index contributed by atoms with van der Waals surface area (Å²) in [6.45, 7) is 2.13. The zero-order chi connectivity index (χ0) is 14.4. The molecule has 0 N–H and O–H groups in total. The van der Waals surface area contributed by atoms with Crippen LogP contribution < -0.4 is 4.90 Å². The van der Waals surface area contributed by atoms with Crippen molar-refractivity contribution in [2.24, 2.45) is 0 Å². The molecular weight excluding hydrogens is 266 g/mol. The van der Waals surface area contributed by atoms with E-state index in [1.807, 2.05) is 55.6 Å². The Balaban J connectivity index is 1.89. The third kappa shape index (κ3) is 3.87. The number of rotatable bonds is 5. The topological polar surface area (TPSA) is 20.3 Å². The summed E-state index contributed by atoms with van der Waals surface area (Å²) >= 11 is 1.67. The SMILES string of the molecule is C[C@H](SCC(=O)N(C)c1ccccc1)c1ccccc1. The van der Waals surface area contributed by atoms with Gasteiger partial charge in [-0.1, -0.05) is 48.5 Å². The average Bonchev–Trinajstić information content (AvgIpc) is 2.53. The number of carbonyl (C=O) groups excluding carboxylic acids is 1. The molecule has 1 amide bonds. The van der Waals surface area contributed by atoms with Gasteiger partial charge in [-0.2, -0.15) is 0 Å². The summed E-state index contributed by atoms with van der Waals surface area (Å²) in [5.74, 6) is 0.616. The van der Waals surface area contributed by atoms with Crippen LogP contribution >= 0.6 is 11.8 Å². The van der Waals surface area contributed by atoms with Gasteiger partial charge in [0.2, 0.25) is 5.91 Å². The Bertz CT molecular complexity index is 541. The molecule has 0 radical (unpaired) electrons. The summed E-state index contributed by atoms with van der Waals surface area (Å²) in [7, 11) is 1.82. The predicted octanol–water partition coefficient (Wildman–Crippen LogP) is 4.14. The number of nitrogens with zero attached hydrogens (tertiary/aromatic N) is 1. The van der Waals surface area contributed by atoms with Crippen LogP contribution in [0.3, 0.4) is 0 Å². The lowest BCUT2D eigenvalue weighted by Gasteiger charge is -2.18. The third-order valence-corrected chi connectivity index (χ3v) is 4.43. The van der Waals surface area contributed by atoms with Gasteiger partial charge in [0, 0.05) is 18.0 Å². The Morgan fingerprint density at radius 1 is 1.05 bits per heavy atom. The molecule has 0 fully saturated rings. The van der Waals surface area contributed by atoms with Gasteiger partial charge in [0.1, 0.15) is 0 Å². The molecule has 0 bridgehead atoms. The second-order valence-electron chi connectivity index (χ2n) is 4.65. The summed E-state index contributed by atoms with van der Waals surface area (Å²) in [5.41, 5.74) is 2.19. The minimum Gasteiger partial charge on any atom is -0.315 e. The molecule has 3 heteroatoms. The van der Waals surface area contributed by atoms with Crippen molar-refractivity contribution >= 4 is 23.4 Å². The Kier molecular flexibility index (Phi) is 5.24. The van der Waals surface area contributed by atoms with Crippen LogP contribution in [0.1, 0.15) is 17.7 Å². The summed E-state index contributed by atoms with van der Waals surface area (Å²) in [4.78, 5) is 13.9. The highest BCUT2D eigenvalue weighted by molar-refractivity contribution is 8.00. The molecule has 0 aliphatic rings. The van der Waals surface area contributed by atoms with Crippen LogP contribution in [0.5, 0.6) is 0 Å². The highest BCUT2D eigenvalue weighted by atomic mass is 32.2. The van der Waals surface area contributed by atoms with E-state index in [2.05, 4.69) is 19.1 Å². The highest BCUT2D eigenvalue weighted by Gasteiger charge is 2.13. The molecule has 0 aromatic heterocycles. The molecule has 0 spiro atoms. The number of hydrogen-bond acceptors (Lipinski definition) is 2. The molecule has 2 aromatic rings. The first kappa shape index (κ1) is 14.7. The van der Waals surface area contributed by atoms with Gasteiger partial charge in [0.15, 0.2) is 0 Å². The van der Waals surface area contributed by atoms with E-state index in [0.717, 1.165) is 5.69 Å². The lowest BCUT2D eigenvalue weighted by Crippen LogP contribution is -2.28. The first-order chi connectivity index (χ1) is 9.68. The largest absolute Gasteiger partial charge is 0.315 e. The van der Waals surface area contributed by atoms with Gasteiger partial charge in [-0.15, -0.1) is 11.8 Å². The first-order valence-corrected chi connectivity index (χ1v) is 7.71. The minimum absolute atomic E-state index is 0.129. The summed E-state index contributed by atoms with van der Waals surface area (Å²) in [5, 5.41) is 0.323. The van der Waals surface area contributed by atoms with E-state index in [0.29, 0.717) is 11.0 Å². The van der Waals surface area contributed by atoms with Crippen LogP contribution in [0.15, 0.2) is 60.7 Å². The number of hydrogen-bond donors (Lipinski definition) is 0. The molecule has 2 aromatic carbocycles.